The summed E-state index contributed by atoms with van der Waals surface area (Å²) in [5.41, 5.74) is 1.30. The van der Waals surface area contributed by atoms with Gasteiger partial charge in [0.15, 0.2) is 10.9 Å². The fourth-order valence-corrected chi connectivity index (χ4v) is 4.91. The molecule has 1 aromatic carbocycles. The summed E-state index contributed by atoms with van der Waals surface area (Å²) < 4.78 is 6.83. The molecule has 1 unspecified atom stereocenters. The van der Waals surface area contributed by atoms with Gasteiger partial charge in [0, 0.05) is 32.0 Å². The van der Waals surface area contributed by atoms with Gasteiger partial charge < -0.3 is 14.6 Å². The summed E-state index contributed by atoms with van der Waals surface area (Å²) in [5.74, 6) is -0.118. The number of rotatable bonds is 8. The number of benzene rings is 1. The molecule has 1 aliphatic rings. The van der Waals surface area contributed by atoms with Crippen molar-refractivity contribution in [1.82, 2.24) is 19.4 Å². The first kappa shape index (κ1) is 22.3. The number of hydrogen-bond acceptors (Lipinski definition) is 6. The van der Waals surface area contributed by atoms with Crippen LogP contribution in [0.5, 0.6) is 0 Å². The Hall–Kier alpha value is -2.91. The molecule has 32 heavy (non-hydrogen) atoms. The van der Waals surface area contributed by atoms with E-state index in [4.69, 9.17) is 4.74 Å². The first-order valence-corrected chi connectivity index (χ1v) is 11.6. The van der Waals surface area contributed by atoms with Crippen LogP contribution in [0.2, 0.25) is 0 Å². The fraction of sp³-hybridized carbons (Fsp3) is 0.391. The maximum Gasteiger partial charge on any atom is 0.270 e. The molecule has 1 N–H and O–H groups in total. The lowest BCUT2D eigenvalue weighted by atomic mass is 10.2. The van der Waals surface area contributed by atoms with E-state index in [0.29, 0.717) is 33.9 Å². The molecular formula is C23H26N4O4S. The zero-order valence-electron chi connectivity index (χ0n) is 18.2. The van der Waals surface area contributed by atoms with Gasteiger partial charge in [0.1, 0.15) is 5.69 Å². The molecule has 1 aliphatic heterocycles. The van der Waals surface area contributed by atoms with Crippen molar-refractivity contribution < 1.29 is 14.3 Å². The van der Waals surface area contributed by atoms with Gasteiger partial charge in [0.2, 0.25) is 0 Å². The number of hydrogen-bond donors (Lipinski definition) is 1. The lowest BCUT2D eigenvalue weighted by molar-refractivity contribution is 0.0787. The number of carbonyl (C=O) groups is 2. The summed E-state index contributed by atoms with van der Waals surface area (Å²) in [5, 5.41) is 0.998. The number of Topliss-reactive ketones (excluding diaryl/α,β-unsaturated/α-hetero) is 1. The maximum absolute atomic E-state index is 13.1. The summed E-state index contributed by atoms with van der Waals surface area (Å²) >= 11 is 1.21. The number of aromatic nitrogens is 3. The van der Waals surface area contributed by atoms with Crippen molar-refractivity contribution in [2.75, 3.05) is 32.6 Å². The molecule has 0 spiro atoms. The zero-order chi connectivity index (χ0) is 22.7. The van der Waals surface area contributed by atoms with Crippen LogP contribution >= 0.6 is 11.8 Å². The molecule has 1 atom stereocenters. The molecule has 1 saturated heterocycles. The van der Waals surface area contributed by atoms with Gasteiger partial charge in [-0.3, -0.25) is 19.0 Å². The first-order chi connectivity index (χ1) is 15.5. The Morgan fingerprint density at radius 3 is 2.75 bits per heavy atom. The van der Waals surface area contributed by atoms with Crippen molar-refractivity contribution in [2.24, 2.45) is 0 Å². The smallest absolute Gasteiger partial charge is 0.270 e. The number of ketones is 1. The topological polar surface area (TPSA) is 97.3 Å². The summed E-state index contributed by atoms with van der Waals surface area (Å²) in [7, 11) is 1.58. The number of ether oxygens (including phenoxy) is 1. The summed E-state index contributed by atoms with van der Waals surface area (Å²) in [4.78, 5) is 47.8. The number of fused-ring (bicyclic) bond motifs is 1. The highest BCUT2D eigenvalue weighted by atomic mass is 32.2. The predicted molar refractivity (Wildman–Crippen MR) is 124 cm³/mol. The molecule has 4 rings (SSSR count). The third kappa shape index (κ3) is 4.49. The van der Waals surface area contributed by atoms with E-state index in [1.165, 1.54) is 11.8 Å². The van der Waals surface area contributed by atoms with Gasteiger partial charge in [-0.1, -0.05) is 23.9 Å². The van der Waals surface area contributed by atoms with E-state index in [1.807, 2.05) is 13.0 Å². The Labute approximate surface area is 190 Å². The Bertz CT molecular complexity index is 1200. The second-order valence-corrected chi connectivity index (χ2v) is 8.85. The molecule has 0 aliphatic carbocycles. The van der Waals surface area contributed by atoms with Crippen molar-refractivity contribution in [3.8, 4) is 0 Å². The molecule has 9 heteroatoms. The van der Waals surface area contributed by atoms with Gasteiger partial charge in [-0.2, -0.15) is 0 Å². The van der Waals surface area contributed by atoms with E-state index in [2.05, 4.69) is 9.97 Å². The number of aromatic amines is 1. The van der Waals surface area contributed by atoms with Gasteiger partial charge in [-0.05, 0) is 38.0 Å². The molecule has 1 amide bonds. The van der Waals surface area contributed by atoms with Crippen LogP contribution in [0.4, 0.5) is 0 Å². The highest BCUT2D eigenvalue weighted by Gasteiger charge is 2.22. The van der Waals surface area contributed by atoms with E-state index in [-0.39, 0.29) is 29.0 Å². The molecule has 1 fully saturated rings. The van der Waals surface area contributed by atoms with Crippen LogP contribution in [0.3, 0.4) is 0 Å². The van der Waals surface area contributed by atoms with E-state index < -0.39 is 0 Å². The Balaban J connectivity index is 1.55. The third-order valence-electron chi connectivity index (χ3n) is 5.59. The van der Waals surface area contributed by atoms with Crippen LogP contribution in [0, 0.1) is 0 Å². The second kappa shape index (κ2) is 9.70. The quantitative estimate of drug-likeness (QED) is 0.319. The summed E-state index contributed by atoms with van der Waals surface area (Å²) in [6.07, 6.45) is 3.59. The maximum atomic E-state index is 13.1. The minimum atomic E-state index is -0.237. The number of methoxy groups -OCH3 is 1. The minimum Gasteiger partial charge on any atom is -0.383 e. The van der Waals surface area contributed by atoms with Crippen molar-refractivity contribution in [1.29, 1.82) is 0 Å². The third-order valence-corrected chi connectivity index (χ3v) is 6.54. The number of carbonyl (C=O) groups excluding carboxylic acids is 2. The molecule has 168 valence electrons. The predicted octanol–water partition coefficient (Wildman–Crippen LogP) is 3.14. The number of para-hydroxylation sites is 1. The van der Waals surface area contributed by atoms with E-state index >= 15 is 0 Å². The average molecular weight is 455 g/mol. The van der Waals surface area contributed by atoms with E-state index in [9.17, 15) is 14.4 Å². The van der Waals surface area contributed by atoms with E-state index in [0.717, 1.165) is 25.9 Å². The molecule has 2 aromatic heterocycles. The molecule has 8 nitrogen and oxygen atoms in total. The minimum absolute atomic E-state index is 0.0763. The molecule has 0 bridgehead atoms. The van der Waals surface area contributed by atoms with Crippen molar-refractivity contribution in [3.05, 3.63) is 58.1 Å². The fourth-order valence-electron chi connectivity index (χ4n) is 3.91. The molecule has 0 radical (unpaired) electrons. The summed E-state index contributed by atoms with van der Waals surface area (Å²) in [6, 6.07) is 8.54. The second-order valence-electron chi connectivity index (χ2n) is 7.90. The first-order valence-electron chi connectivity index (χ1n) is 10.6. The van der Waals surface area contributed by atoms with Crippen LogP contribution in [0.15, 0.2) is 46.5 Å². The number of nitrogens with zero attached hydrogens (tertiary/aromatic N) is 3. The van der Waals surface area contributed by atoms with Gasteiger partial charge in [0.05, 0.1) is 29.3 Å². The summed E-state index contributed by atoms with van der Waals surface area (Å²) in [6.45, 7) is 3.74. The lowest BCUT2D eigenvalue weighted by Crippen LogP contribution is -2.28. The standard InChI is InChI=1S/C23H26N4O4S/c1-15(13-31-2)27-21(29)17-7-3-4-8-18(17)25-23(27)32-14-20(28)16-11-19(24-12-16)22(30)26-9-5-6-10-26/h3-4,7-8,11-12,15,24H,5-6,9-10,13-14H2,1-2H3. The average Bonchev–Trinajstić information content (AvgIpc) is 3.50. The molecule has 0 saturated carbocycles. The number of thioether (sulfide) groups is 1. The van der Waals surface area contributed by atoms with E-state index in [1.54, 1.807) is 47.0 Å². The van der Waals surface area contributed by atoms with Gasteiger partial charge in [-0.25, -0.2) is 4.98 Å². The largest absolute Gasteiger partial charge is 0.383 e. The molecule has 3 aromatic rings. The molecule has 3 heterocycles. The lowest BCUT2D eigenvalue weighted by Gasteiger charge is -2.18. The van der Waals surface area contributed by atoms with Gasteiger partial charge >= 0.3 is 0 Å². The highest BCUT2D eigenvalue weighted by molar-refractivity contribution is 7.99. The van der Waals surface area contributed by atoms with Crippen LogP contribution in [-0.4, -0.2) is 63.7 Å². The van der Waals surface area contributed by atoms with Crippen LogP contribution in [0.1, 0.15) is 46.7 Å². The number of nitrogens with one attached hydrogen (secondary N) is 1. The van der Waals surface area contributed by atoms with Crippen LogP contribution in [-0.2, 0) is 4.74 Å². The number of amides is 1. The Morgan fingerprint density at radius 1 is 1.25 bits per heavy atom. The van der Waals surface area contributed by atoms with Gasteiger partial charge in [0.25, 0.3) is 11.5 Å². The van der Waals surface area contributed by atoms with Crippen molar-refractivity contribution >= 4 is 34.4 Å². The Kier molecular flexibility index (Phi) is 6.76. The van der Waals surface area contributed by atoms with Crippen LogP contribution < -0.4 is 5.56 Å². The number of H-pyrrole nitrogens is 1. The monoisotopic (exact) mass is 454 g/mol. The van der Waals surface area contributed by atoms with Crippen molar-refractivity contribution in [2.45, 2.75) is 31.0 Å². The Morgan fingerprint density at radius 2 is 2.00 bits per heavy atom. The van der Waals surface area contributed by atoms with Gasteiger partial charge in [-0.15, -0.1) is 0 Å². The zero-order valence-corrected chi connectivity index (χ0v) is 19.0. The normalized spacial score (nSPS) is 14.8. The molecular weight excluding hydrogens is 428 g/mol. The SMILES string of the molecule is COCC(C)n1c(SCC(=O)c2c[nH]c(C(=O)N3CCCC3)c2)nc2ccccc2c1=O. The van der Waals surface area contributed by atoms with Crippen molar-refractivity contribution in [3.63, 3.8) is 0 Å². The van der Waals surface area contributed by atoms with Crippen LogP contribution in [0.25, 0.3) is 10.9 Å². The highest BCUT2D eigenvalue weighted by Crippen LogP contribution is 2.23. The number of likely N-dealkylation sites (tertiary alicyclic amines) is 1.